The van der Waals surface area contributed by atoms with Crippen molar-refractivity contribution in [3.63, 3.8) is 0 Å². The zero-order valence-electron chi connectivity index (χ0n) is 11.3. The summed E-state index contributed by atoms with van der Waals surface area (Å²) >= 11 is 0. The fraction of sp³-hybridized carbons (Fsp3) is 1.00. The minimum absolute atomic E-state index is 0.159. The molecule has 0 aromatic rings. The van der Waals surface area contributed by atoms with E-state index in [0.717, 1.165) is 0 Å². The Bertz CT molecular complexity index is 251. The topological polar surface area (TPSA) is 68.2 Å². The Hall–Kier alpha value is -0.200. The van der Waals surface area contributed by atoms with Gasteiger partial charge in [-0.3, -0.25) is 0 Å². The highest BCUT2D eigenvalue weighted by Crippen LogP contribution is 2.34. The SMILES string of the molecule is CC[C@](C)(O)[C@H](OC)[C@H]1OC(C)(C)O[C@H]1CO. The van der Waals surface area contributed by atoms with Gasteiger partial charge in [0.2, 0.25) is 0 Å². The minimum atomic E-state index is -1.02. The number of ether oxygens (including phenoxy) is 3. The standard InChI is InChI=1S/C12H24O5/c1-6-12(4,14)10(15-5)9-8(7-13)16-11(2,3)17-9/h8-10,13-14H,6-7H2,1-5H3/t8-,9-,10+,12-/m0/s1. The van der Waals surface area contributed by atoms with Crippen LogP contribution in [0.2, 0.25) is 0 Å². The fourth-order valence-electron chi connectivity index (χ4n) is 2.20. The van der Waals surface area contributed by atoms with Gasteiger partial charge in [-0.2, -0.15) is 0 Å². The highest BCUT2D eigenvalue weighted by Gasteiger charge is 2.50. The maximum Gasteiger partial charge on any atom is 0.164 e. The van der Waals surface area contributed by atoms with Crippen LogP contribution in [0.25, 0.3) is 0 Å². The molecule has 1 fully saturated rings. The van der Waals surface area contributed by atoms with Gasteiger partial charge in [0.15, 0.2) is 5.79 Å². The summed E-state index contributed by atoms with van der Waals surface area (Å²) in [5, 5.41) is 19.6. The molecule has 17 heavy (non-hydrogen) atoms. The molecule has 2 N–H and O–H groups in total. The van der Waals surface area contributed by atoms with Crippen LogP contribution in [0.3, 0.4) is 0 Å². The first-order valence-electron chi connectivity index (χ1n) is 5.99. The highest BCUT2D eigenvalue weighted by molar-refractivity contribution is 4.95. The number of hydrogen-bond donors (Lipinski definition) is 2. The molecule has 0 aromatic heterocycles. The predicted octanol–water partition coefficient (Wildman–Crippen LogP) is 0.675. The molecule has 1 rings (SSSR count). The van der Waals surface area contributed by atoms with E-state index in [4.69, 9.17) is 14.2 Å². The van der Waals surface area contributed by atoms with E-state index in [1.165, 1.54) is 7.11 Å². The Balaban J connectivity index is 2.88. The summed E-state index contributed by atoms with van der Waals surface area (Å²) in [4.78, 5) is 0. The van der Waals surface area contributed by atoms with E-state index in [1.807, 2.05) is 6.92 Å². The summed E-state index contributed by atoms with van der Waals surface area (Å²) < 4.78 is 16.6. The molecule has 0 saturated carbocycles. The van der Waals surface area contributed by atoms with Crippen LogP contribution < -0.4 is 0 Å². The summed E-state index contributed by atoms with van der Waals surface area (Å²) in [7, 11) is 1.53. The molecule has 0 aliphatic carbocycles. The second-order valence-corrected chi connectivity index (χ2v) is 5.19. The monoisotopic (exact) mass is 248 g/mol. The van der Waals surface area contributed by atoms with Gasteiger partial charge >= 0.3 is 0 Å². The van der Waals surface area contributed by atoms with Crippen LogP contribution in [0.1, 0.15) is 34.1 Å². The summed E-state index contributed by atoms with van der Waals surface area (Å²) in [6, 6.07) is 0. The average Bonchev–Trinajstić information content (AvgIpc) is 2.54. The molecule has 0 radical (unpaired) electrons. The van der Waals surface area contributed by atoms with Gasteiger partial charge in [0, 0.05) is 7.11 Å². The second kappa shape index (κ2) is 5.20. The lowest BCUT2D eigenvalue weighted by Crippen LogP contribution is -2.52. The number of methoxy groups -OCH3 is 1. The van der Waals surface area contributed by atoms with Gasteiger partial charge in [-0.05, 0) is 27.2 Å². The molecular formula is C12H24O5. The molecule has 0 bridgehead atoms. The van der Waals surface area contributed by atoms with Crippen molar-refractivity contribution in [2.75, 3.05) is 13.7 Å². The summed E-state index contributed by atoms with van der Waals surface area (Å²) in [5.41, 5.74) is -1.02. The van der Waals surface area contributed by atoms with E-state index in [2.05, 4.69) is 0 Å². The third-order valence-corrected chi connectivity index (χ3v) is 3.28. The van der Waals surface area contributed by atoms with Crippen LogP contribution in [0.15, 0.2) is 0 Å². The van der Waals surface area contributed by atoms with Crippen LogP contribution in [0.5, 0.6) is 0 Å². The van der Waals surface area contributed by atoms with E-state index in [-0.39, 0.29) is 6.61 Å². The molecule has 5 nitrogen and oxygen atoms in total. The molecule has 0 aromatic carbocycles. The third-order valence-electron chi connectivity index (χ3n) is 3.28. The first kappa shape index (κ1) is 14.9. The Kier molecular flexibility index (Phi) is 4.54. The van der Waals surface area contributed by atoms with Crippen LogP contribution in [0, 0.1) is 0 Å². The van der Waals surface area contributed by atoms with Crippen molar-refractivity contribution >= 4 is 0 Å². The zero-order valence-corrected chi connectivity index (χ0v) is 11.3. The van der Waals surface area contributed by atoms with Gasteiger partial charge in [-0.25, -0.2) is 0 Å². The summed E-state index contributed by atoms with van der Waals surface area (Å²) in [6.45, 7) is 6.98. The Morgan fingerprint density at radius 1 is 1.41 bits per heavy atom. The molecule has 1 heterocycles. The van der Waals surface area contributed by atoms with E-state index < -0.39 is 29.7 Å². The van der Waals surface area contributed by atoms with Crippen molar-refractivity contribution in [1.82, 2.24) is 0 Å². The van der Waals surface area contributed by atoms with Crippen LogP contribution >= 0.6 is 0 Å². The lowest BCUT2D eigenvalue weighted by molar-refractivity contribution is -0.181. The molecule has 1 aliphatic heterocycles. The first-order chi connectivity index (χ1) is 7.77. The lowest BCUT2D eigenvalue weighted by atomic mass is 9.89. The molecule has 0 spiro atoms. The van der Waals surface area contributed by atoms with Crippen molar-refractivity contribution in [2.24, 2.45) is 0 Å². The molecular weight excluding hydrogens is 224 g/mol. The van der Waals surface area contributed by atoms with Crippen molar-refractivity contribution in [3.05, 3.63) is 0 Å². The Morgan fingerprint density at radius 3 is 2.41 bits per heavy atom. The normalized spacial score (nSPS) is 33.4. The number of aliphatic hydroxyl groups is 2. The van der Waals surface area contributed by atoms with Gasteiger partial charge in [-0.15, -0.1) is 0 Å². The van der Waals surface area contributed by atoms with Crippen molar-refractivity contribution in [3.8, 4) is 0 Å². The molecule has 0 unspecified atom stereocenters. The lowest BCUT2D eigenvalue weighted by Gasteiger charge is -2.35. The van der Waals surface area contributed by atoms with Gasteiger partial charge < -0.3 is 24.4 Å². The quantitative estimate of drug-likeness (QED) is 0.748. The Morgan fingerprint density at radius 2 is 2.00 bits per heavy atom. The smallest absolute Gasteiger partial charge is 0.164 e. The molecule has 0 amide bonds. The molecule has 4 atom stereocenters. The van der Waals surface area contributed by atoms with Gasteiger partial charge in [0.1, 0.15) is 18.3 Å². The first-order valence-corrected chi connectivity index (χ1v) is 5.99. The average molecular weight is 248 g/mol. The molecule has 1 saturated heterocycles. The Labute approximate surface area is 103 Å². The van der Waals surface area contributed by atoms with Gasteiger partial charge in [0.25, 0.3) is 0 Å². The number of rotatable bonds is 5. The highest BCUT2D eigenvalue weighted by atomic mass is 16.8. The zero-order chi connectivity index (χ0) is 13.3. The fourth-order valence-corrected chi connectivity index (χ4v) is 2.20. The van der Waals surface area contributed by atoms with Gasteiger partial charge in [0.05, 0.1) is 12.2 Å². The summed E-state index contributed by atoms with van der Waals surface area (Å²) in [6.07, 6.45) is -0.960. The minimum Gasteiger partial charge on any atom is -0.394 e. The number of aliphatic hydroxyl groups excluding tert-OH is 1. The molecule has 102 valence electrons. The molecule has 5 heteroatoms. The van der Waals surface area contributed by atoms with Crippen LogP contribution in [-0.2, 0) is 14.2 Å². The second-order valence-electron chi connectivity index (χ2n) is 5.19. The van der Waals surface area contributed by atoms with E-state index in [0.29, 0.717) is 6.42 Å². The van der Waals surface area contributed by atoms with Crippen LogP contribution in [-0.4, -0.2) is 53.6 Å². The molecule has 1 aliphatic rings. The number of hydrogen-bond acceptors (Lipinski definition) is 5. The van der Waals surface area contributed by atoms with Gasteiger partial charge in [-0.1, -0.05) is 6.92 Å². The third kappa shape index (κ3) is 3.17. The maximum atomic E-state index is 10.3. The van der Waals surface area contributed by atoms with E-state index in [9.17, 15) is 10.2 Å². The van der Waals surface area contributed by atoms with Crippen molar-refractivity contribution in [2.45, 2.75) is 63.8 Å². The van der Waals surface area contributed by atoms with Crippen molar-refractivity contribution in [1.29, 1.82) is 0 Å². The van der Waals surface area contributed by atoms with E-state index >= 15 is 0 Å². The largest absolute Gasteiger partial charge is 0.394 e. The predicted molar refractivity (Wildman–Crippen MR) is 62.6 cm³/mol. The van der Waals surface area contributed by atoms with Crippen molar-refractivity contribution < 1.29 is 24.4 Å². The van der Waals surface area contributed by atoms with E-state index in [1.54, 1.807) is 20.8 Å². The maximum absolute atomic E-state index is 10.3. The van der Waals surface area contributed by atoms with Crippen LogP contribution in [0.4, 0.5) is 0 Å². The summed E-state index contributed by atoms with van der Waals surface area (Å²) in [5.74, 6) is -0.765.